The van der Waals surface area contributed by atoms with Gasteiger partial charge in [-0.3, -0.25) is 0 Å². The van der Waals surface area contributed by atoms with Crippen LogP contribution >= 0.6 is 0 Å². The zero-order chi connectivity index (χ0) is 15.3. The zero-order valence-corrected chi connectivity index (χ0v) is 12.4. The normalized spacial score (nSPS) is 17.0. The van der Waals surface area contributed by atoms with Crippen LogP contribution in [0.2, 0.25) is 0 Å². The second kappa shape index (κ2) is 7.26. The lowest BCUT2D eigenvalue weighted by atomic mass is 10.3. The van der Waals surface area contributed by atoms with Crippen LogP contribution in [0.3, 0.4) is 0 Å². The molecular formula is C13H19F2N3O2S. The van der Waals surface area contributed by atoms with Gasteiger partial charge in [0.1, 0.15) is 4.90 Å². The number of hydrogen-bond donors (Lipinski definition) is 2. The van der Waals surface area contributed by atoms with Crippen LogP contribution in [0.4, 0.5) is 8.78 Å². The standard InChI is InChI=1S/C13H19F2N3O2S/c14-11-3-1-4-12(13(11)15)21(19,20)17-5-2-8-18-9-6-16-7-10-18/h1,3-4,16-17H,2,5-10H2. The second-order valence-electron chi connectivity index (χ2n) is 4.89. The van der Waals surface area contributed by atoms with Crippen molar-refractivity contribution in [3.63, 3.8) is 0 Å². The van der Waals surface area contributed by atoms with E-state index in [1.165, 1.54) is 6.07 Å². The lowest BCUT2D eigenvalue weighted by molar-refractivity contribution is 0.239. The molecule has 0 bridgehead atoms. The molecule has 2 N–H and O–H groups in total. The molecule has 118 valence electrons. The summed E-state index contributed by atoms with van der Waals surface area (Å²) in [5.41, 5.74) is 0. The highest BCUT2D eigenvalue weighted by molar-refractivity contribution is 7.89. The number of nitrogens with one attached hydrogen (secondary N) is 2. The third-order valence-corrected chi connectivity index (χ3v) is 4.84. The van der Waals surface area contributed by atoms with E-state index < -0.39 is 26.6 Å². The van der Waals surface area contributed by atoms with Gasteiger partial charge in [0, 0.05) is 32.7 Å². The van der Waals surface area contributed by atoms with Gasteiger partial charge in [-0.1, -0.05) is 6.07 Å². The first-order valence-corrected chi connectivity index (χ1v) is 8.36. The SMILES string of the molecule is O=S(=O)(NCCCN1CCNCC1)c1cccc(F)c1F. The largest absolute Gasteiger partial charge is 0.314 e. The van der Waals surface area contributed by atoms with Crippen molar-refractivity contribution >= 4 is 10.0 Å². The Bertz CT molecular complexity index is 575. The van der Waals surface area contributed by atoms with Crippen molar-refractivity contribution < 1.29 is 17.2 Å². The van der Waals surface area contributed by atoms with E-state index >= 15 is 0 Å². The number of hydrogen-bond acceptors (Lipinski definition) is 4. The number of nitrogens with zero attached hydrogens (tertiary/aromatic N) is 1. The summed E-state index contributed by atoms with van der Waals surface area (Å²) >= 11 is 0. The summed E-state index contributed by atoms with van der Waals surface area (Å²) in [6.45, 7) is 4.70. The van der Waals surface area contributed by atoms with Gasteiger partial charge in [-0.25, -0.2) is 21.9 Å². The predicted molar refractivity (Wildman–Crippen MR) is 75.5 cm³/mol. The van der Waals surface area contributed by atoms with Crippen molar-refractivity contribution in [2.75, 3.05) is 39.3 Å². The minimum atomic E-state index is -4.01. The zero-order valence-electron chi connectivity index (χ0n) is 11.6. The molecule has 1 heterocycles. The first kappa shape index (κ1) is 16.3. The molecule has 0 unspecified atom stereocenters. The number of piperazine rings is 1. The average Bonchev–Trinajstić information content (AvgIpc) is 2.47. The topological polar surface area (TPSA) is 61.4 Å². The smallest absolute Gasteiger partial charge is 0.243 e. The van der Waals surface area contributed by atoms with Crippen molar-refractivity contribution in [1.29, 1.82) is 0 Å². The van der Waals surface area contributed by atoms with E-state index in [2.05, 4.69) is 14.9 Å². The Balaban J connectivity index is 1.85. The van der Waals surface area contributed by atoms with E-state index in [0.29, 0.717) is 6.42 Å². The summed E-state index contributed by atoms with van der Waals surface area (Å²) in [7, 11) is -4.01. The van der Waals surface area contributed by atoms with Crippen molar-refractivity contribution in [3.8, 4) is 0 Å². The summed E-state index contributed by atoms with van der Waals surface area (Å²) in [5, 5.41) is 3.23. The molecule has 0 atom stereocenters. The average molecular weight is 319 g/mol. The van der Waals surface area contributed by atoms with E-state index in [9.17, 15) is 17.2 Å². The molecule has 0 aromatic heterocycles. The van der Waals surface area contributed by atoms with Gasteiger partial charge < -0.3 is 10.2 Å². The Morgan fingerprint density at radius 2 is 1.95 bits per heavy atom. The minimum Gasteiger partial charge on any atom is -0.314 e. The van der Waals surface area contributed by atoms with E-state index in [4.69, 9.17) is 0 Å². The number of benzene rings is 1. The summed E-state index contributed by atoms with van der Waals surface area (Å²) in [6.07, 6.45) is 0.621. The molecule has 5 nitrogen and oxygen atoms in total. The van der Waals surface area contributed by atoms with Gasteiger partial charge in [0.15, 0.2) is 11.6 Å². The van der Waals surface area contributed by atoms with E-state index in [1.807, 2.05) is 0 Å². The van der Waals surface area contributed by atoms with E-state index in [0.717, 1.165) is 44.9 Å². The number of rotatable bonds is 6. The maximum atomic E-state index is 13.5. The fraction of sp³-hybridized carbons (Fsp3) is 0.538. The molecule has 21 heavy (non-hydrogen) atoms. The first-order valence-electron chi connectivity index (χ1n) is 6.87. The molecule has 1 aromatic carbocycles. The molecule has 0 amide bonds. The Hall–Kier alpha value is -1.09. The molecule has 1 fully saturated rings. The predicted octanol–water partition coefficient (Wildman–Crippen LogP) is 0.538. The van der Waals surface area contributed by atoms with Gasteiger partial charge in [-0.15, -0.1) is 0 Å². The van der Waals surface area contributed by atoms with Crippen molar-refractivity contribution in [3.05, 3.63) is 29.8 Å². The molecule has 1 aliphatic heterocycles. The highest BCUT2D eigenvalue weighted by Crippen LogP contribution is 2.16. The second-order valence-corrected chi connectivity index (χ2v) is 6.63. The maximum Gasteiger partial charge on any atom is 0.243 e. The number of halogens is 2. The fourth-order valence-electron chi connectivity index (χ4n) is 2.21. The van der Waals surface area contributed by atoms with E-state index in [-0.39, 0.29) is 6.54 Å². The monoisotopic (exact) mass is 319 g/mol. The van der Waals surface area contributed by atoms with Gasteiger partial charge in [0.2, 0.25) is 10.0 Å². The first-order chi connectivity index (χ1) is 10.0. The van der Waals surface area contributed by atoms with Crippen LogP contribution in [0.5, 0.6) is 0 Å². The molecule has 1 aliphatic rings. The van der Waals surface area contributed by atoms with Gasteiger partial charge in [-0.2, -0.15) is 0 Å². The van der Waals surface area contributed by atoms with Crippen LogP contribution in [0.15, 0.2) is 23.1 Å². The quantitative estimate of drug-likeness (QED) is 0.751. The van der Waals surface area contributed by atoms with Gasteiger partial charge in [-0.05, 0) is 25.1 Å². The van der Waals surface area contributed by atoms with Crippen LogP contribution in [0, 0.1) is 11.6 Å². The molecule has 0 aliphatic carbocycles. The molecule has 0 spiro atoms. The number of sulfonamides is 1. The van der Waals surface area contributed by atoms with Gasteiger partial charge in [0.05, 0.1) is 0 Å². The molecule has 0 saturated carbocycles. The molecule has 8 heteroatoms. The Morgan fingerprint density at radius 3 is 2.67 bits per heavy atom. The summed E-state index contributed by atoms with van der Waals surface area (Å²) in [6, 6.07) is 3.11. The highest BCUT2D eigenvalue weighted by Gasteiger charge is 2.21. The third-order valence-electron chi connectivity index (χ3n) is 3.36. The van der Waals surface area contributed by atoms with Gasteiger partial charge >= 0.3 is 0 Å². The Labute approximate surface area is 123 Å². The minimum absolute atomic E-state index is 0.197. The van der Waals surface area contributed by atoms with Crippen molar-refractivity contribution in [1.82, 2.24) is 14.9 Å². The highest BCUT2D eigenvalue weighted by atomic mass is 32.2. The van der Waals surface area contributed by atoms with Crippen LogP contribution in [0.25, 0.3) is 0 Å². The maximum absolute atomic E-state index is 13.5. The molecular weight excluding hydrogens is 300 g/mol. The molecule has 1 aromatic rings. The van der Waals surface area contributed by atoms with Crippen LogP contribution in [0.1, 0.15) is 6.42 Å². The van der Waals surface area contributed by atoms with Gasteiger partial charge in [0.25, 0.3) is 0 Å². The lowest BCUT2D eigenvalue weighted by Gasteiger charge is -2.27. The van der Waals surface area contributed by atoms with Crippen molar-refractivity contribution in [2.45, 2.75) is 11.3 Å². The molecule has 1 saturated heterocycles. The van der Waals surface area contributed by atoms with Crippen molar-refractivity contribution in [2.24, 2.45) is 0 Å². The Kier molecular flexibility index (Phi) is 5.63. The van der Waals surface area contributed by atoms with Crippen LogP contribution in [-0.2, 0) is 10.0 Å². The summed E-state index contributed by atoms with van der Waals surface area (Å²) in [4.78, 5) is 1.58. The van der Waals surface area contributed by atoms with Crippen LogP contribution in [-0.4, -0.2) is 52.6 Å². The third kappa shape index (κ3) is 4.44. The van der Waals surface area contributed by atoms with E-state index in [1.54, 1.807) is 0 Å². The Morgan fingerprint density at radius 1 is 1.24 bits per heavy atom. The molecule has 2 rings (SSSR count). The summed E-state index contributed by atoms with van der Waals surface area (Å²) in [5.74, 6) is -2.51. The van der Waals surface area contributed by atoms with Crippen LogP contribution < -0.4 is 10.0 Å². The molecule has 0 radical (unpaired) electrons. The fourth-order valence-corrected chi connectivity index (χ4v) is 3.37. The lowest BCUT2D eigenvalue weighted by Crippen LogP contribution is -2.44. The summed E-state index contributed by atoms with van der Waals surface area (Å²) < 4.78 is 52.7.